The summed E-state index contributed by atoms with van der Waals surface area (Å²) in [7, 11) is 1.98. The SMILES string of the molecule is CCC(=O)N1CCC(CCNC)C1. The smallest absolute Gasteiger partial charge is 0.222 e. The Morgan fingerprint density at radius 1 is 1.62 bits per heavy atom. The quantitative estimate of drug-likeness (QED) is 0.702. The van der Waals surface area contributed by atoms with E-state index in [9.17, 15) is 4.79 Å². The lowest BCUT2D eigenvalue weighted by atomic mass is 10.1. The molecule has 1 aliphatic heterocycles. The zero-order chi connectivity index (χ0) is 9.68. The van der Waals surface area contributed by atoms with Gasteiger partial charge in [0, 0.05) is 19.5 Å². The normalized spacial score (nSPS) is 22.3. The first-order valence-electron chi connectivity index (χ1n) is 5.20. The second-order valence-corrected chi connectivity index (χ2v) is 3.74. The van der Waals surface area contributed by atoms with Crippen LogP contribution in [-0.2, 0) is 4.79 Å². The van der Waals surface area contributed by atoms with E-state index < -0.39 is 0 Å². The standard InChI is InChI=1S/C10H20N2O/c1-3-10(13)12-7-5-9(8-12)4-6-11-2/h9,11H,3-8H2,1-2H3. The summed E-state index contributed by atoms with van der Waals surface area (Å²) in [6, 6.07) is 0. The van der Waals surface area contributed by atoms with Gasteiger partial charge in [0.1, 0.15) is 0 Å². The molecule has 3 heteroatoms. The number of hydrogen-bond donors (Lipinski definition) is 1. The van der Waals surface area contributed by atoms with Crippen molar-refractivity contribution in [3.05, 3.63) is 0 Å². The molecule has 1 N–H and O–H groups in total. The Labute approximate surface area is 80.5 Å². The van der Waals surface area contributed by atoms with Crippen molar-refractivity contribution in [2.24, 2.45) is 5.92 Å². The molecule has 0 aromatic heterocycles. The van der Waals surface area contributed by atoms with Crippen molar-refractivity contribution in [1.82, 2.24) is 10.2 Å². The summed E-state index contributed by atoms with van der Waals surface area (Å²) in [6.07, 6.45) is 3.04. The van der Waals surface area contributed by atoms with Crippen LogP contribution in [0.4, 0.5) is 0 Å². The summed E-state index contributed by atoms with van der Waals surface area (Å²) < 4.78 is 0. The molecule has 0 aliphatic carbocycles. The van der Waals surface area contributed by atoms with Crippen molar-refractivity contribution in [2.75, 3.05) is 26.7 Å². The zero-order valence-corrected chi connectivity index (χ0v) is 8.68. The van der Waals surface area contributed by atoms with Crippen molar-refractivity contribution in [1.29, 1.82) is 0 Å². The van der Waals surface area contributed by atoms with E-state index in [1.807, 2.05) is 18.9 Å². The molecule has 1 unspecified atom stereocenters. The van der Waals surface area contributed by atoms with Crippen LogP contribution in [0.1, 0.15) is 26.2 Å². The number of amides is 1. The molecule has 1 aliphatic rings. The van der Waals surface area contributed by atoms with Crippen LogP contribution in [0.25, 0.3) is 0 Å². The fourth-order valence-electron chi connectivity index (χ4n) is 1.87. The van der Waals surface area contributed by atoms with Gasteiger partial charge in [0.25, 0.3) is 0 Å². The van der Waals surface area contributed by atoms with Crippen molar-refractivity contribution >= 4 is 5.91 Å². The predicted octanol–water partition coefficient (Wildman–Crippen LogP) is 0.854. The molecule has 0 spiro atoms. The third kappa shape index (κ3) is 2.99. The van der Waals surface area contributed by atoms with Gasteiger partial charge in [-0.25, -0.2) is 0 Å². The summed E-state index contributed by atoms with van der Waals surface area (Å²) in [4.78, 5) is 13.3. The maximum Gasteiger partial charge on any atom is 0.222 e. The van der Waals surface area contributed by atoms with Gasteiger partial charge in [-0.15, -0.1) is 0 Å². The molecule has 3 nitrogen and oxygen atoms in total. The van der Waals surface area contributed by atoms with Crippen molar-refractivity contribution in [3.8, 4) is 0 Å². The molecule has 13 heavy (non-hydrogen) atoms. The highest BCUT2D eigenvalue weighted by Crippen LogP contribution is 2.19. The topological polar surface area (TPSA) is 32.3 Å². The second kappa shape index (κ2) is 5.22. The maximum absolute atomic E-state index is 11.3. The lowest BCUT2D eigenvalue weighted by Gasteiger charge is -2.15. The highest BCUT2D eigenvalue weighted by molar-refractivity contribution is 5.76. The van der Waals surface area contributed by atoms with Crippen LogP contribution in [0.2, 0.25) is 0 Å². The van der Waals surface area contributed by atoms with Crippen molar-refractivity contribution < 1.29 is 4.79 Å². The van der Waals surface area contributed by atoms with Gasteiger partial charge in [-0.05, 0) is 32.4 Å². The Balaban J connectivity index is 2.23. The average Bonchev–Trinajstić information content (AvgIpc) is 2.62. The summed E-state index contributed by atoms with van der Waals surface area (Å²) >= 11 is 0. The molecule has 0 radical (unpaired) electrons. The number of nitrogens with zero attached hydrogens (tertiary/aromatic N) is 1. The highest BCUT2D eigenvalue weighted by atomic mass is 16.2. The Kier molecular flexibility index (Phi) is 4.22. The molecule has 1 fully saturated rings. The van der Waals surface area contributed by atoms with Crippen molar-refractivity contribution in [2.45, 2.75) is 26.2 Å². The van der Waals surface area contributed by atoms with Gasteiger partial charge in [-0.1, -0.05) is 6.92 Å². The first-order chi connectivity index (χ1) is 6.27. The Hall–Kier alpha value is -0.570. The van der Waals surface area contributed by atoms with E-state index in [1.165, 1.54) is 12.8 Å². The molecular weight excluding hydrogens is 164 g/mol. The van der Waals surface area contributed by atoms with Crippen LogP contribution in [0.5, 0.6) is 0 Å². The van der Waals surface area contributed by atoms with E-state index >= 15 is 0 Å². The summed E-state index contributed by atoms with van der Waals surface area (Å²) in [5, 5.41) is 3.15. The summed E-state index contributed by atoms with van der Waals surface area (Å²) in [5.41, 5.74) is 0. The molecule has 0 aromatic rings. The van der Waals surface area contributed by atoms with E-state index in [1.54, 1.807) is 0 Å². The van der Waals surface area contributed by atoms with Crippen LogP contribution in [-0.4, -0.2) is 37.5 Å². The number of hydrogen-bond acceptors (Lipinski definition) is 2. The fraction of sp³-hybridized carbons (Fsp3) is 0.900. The van der Waals surface area contributed by atoms with Gasteiger partial charge >= 0.3 is 0 Å². The lowest BCUT2D eigenvalue weighted by molar-refractivity contribution is -0.129. The van der Waals surface area contributed by atoms with Crippen molar-refractivity contribution in [3.63, 3.8) is 0 Å². The molecule has 76 valence electrons. The summed E-state index contributed by atoms with van der Waals surface area (Å²) in [6.45, 7) is 4.96. The first-order valence-corrected chi connectivity index (χ1v) is 5.20. The molecule has 1 heterocycles. The molecule has 0 aromatic carbocycles. The average molecular weight is 184 g/mol. The van der Waals surface area contributed by atoms with Crippen LogP contribution in [0.15, 0.2) is 0 Å². The van der Waals surface area contributed by atoms with Gasteiger partial charge in [-0.3, -0.25) is 4.79 Å². The van der Waals surface area contributed by atoms with E-state index in [0.717, 1.165) is 25.6 Å². The number of carbonyl (C=O) groups is 1. The number of likely N-dealkylation sites (tertiary alicyclic amines) is 1. The minimum Gasteiger partial charge on any atom is -0.342 e. The zero-order valence-electron chi connectivity index (χ0n) is 8.68. The largest absolute Gasteiger partial charge is 0.342 e. The predicted molar refractivity (Wildman–Crippen MR) is 53.5 cm³/mol. The highest BCUT2D eigenvalue weighted by Gasteiger charge is 2.24. The summed E-state index contributed by atoms with van der Waals surface area (Å²) in [5.74, 6) is 1.04. The Morgan fingerprint density at radius 3 is 3.00 bits per heavy atom. The molecule has 0 saturated carbocycles. The lowest BCUT2D eigenvalue weighted by Crippen LogP contribution is -2.28. The van der Waals surface area contributed by atoms with Crippen LogP contribution in [0, 0.1) is 5.92 Å². The van der Waals surface area contributed by atoms with Gasteiger partial charge in [-0.2, -0.15) is 0 Å². The van der Waals surface area contributed by atoms with Crippen LogP contribution in [0.3, 0.4) is 0 Å². The minimum absolute atomic E-state index is 0.312. The van der Waals surface area contributed by atoms with E-state index in [-0.39, 0.29) is 0 Å². The van der Waals surface area contributed by atoms with E-state index in [2.05, 4.69) is 5.32 Å². The monoisotopic (exact) mass is 184 g/mol. The van der Waals surface area contributed by atoms with E-state index in [0.29, 0.717) is 12.3 Å². The Morgan fingerprint density at radius 2 is 2.38 bits per heavy atom. The van der Waals surface area contributed by atoms with Gasteiger partial charge in [0.05, 0.1) is 0 Å². The number of carbonyl (C=O) groups excluding carboxylic acids is 1. The van der Waals surface area contributed by atoms with Gasteiger partial charge < -0.3 is 10.2 Å². The molecule has 1 rings (SSSR count). The van der Waals surface area contributed by atoms with Gasteiger partial charge in [0.15, 0.2) is 0 Å². The van der Waals surface area contributed by atoms with Crippen LogP contribution < -0.4 is 5.32 Å². The molecule has 1 saturated heterocycles. The number of nitrogens with one attached hydrogen (secondary N) is 1. The molecular formula is C10H20N2O. The molecule has 0 bridgehead atoms. The number of rotatable bonds is 4. The second-order valence-electron chi connectivity index (χ2n) is 3.74. The van der Waals surface area contributed by atoms with Crippen LogP contribution >= 0.6 is 0 Å². The maximum atomic E-state index is 11.3. The van der Waals surface area contributed by atoms with E-state index in [4.69, 9.17) is 0 Å². The third-order valence-electron chi connectivity index (χ3n) is 2.74. The molecule has 1 amide bonds. The molecule has 1 atom stereocenters. The minimum atomic E-state index is 0.312. The fourth-order valence-corrected chi connectivity index (χ4v) is 1.87. The van der Waals surface area contributed by atoms with Gasteiger partial charge in [0.2, 0.25) is 5.91 Å². The third-order valence-corrected chi connectivity index (χ3v) is 2.74. The Bertz CT molecular complexity index is 170. The first kappa shape index (κ1) is 10.5.